The molecule has 0 atom stereocenters. The first-order valence-electron chi connectivity index (χ1n) is 8.43. The molecule has 0 aliphatic heterocycles. The summed E-state index contributed by atoms with van der Waals surface area (Å²) in [7, 11) is 0. The van der Waals surface area contributed by atoms with Gasteiger partial charge in [0.25, 0.3) is 0 Å². The van der Waals surface area contributed by atoms with E-state index in [9.17, 15) is 0 Å². The molecule has 0 bridgehead atoms. The molecule has 1 aliphatic rings. The molecular formula is C19H24N2OS. The van der Waals surface area contributed by atoms with Crippen LogP contribution in [0.3, 0.4) is 0 Å². The lowest BCUT2D eigenvalue weighted by molar-refractivity contribution is 0.121. The lowest BCUT2D eigenvalue weighted by atomic mass is 9.96. The summed E-state index contributed by atoms with van der Waals surface area (Å²) in [4.78, 5) is 9.35. The zero-order chi connectivity index (χ0) is 16.2. The molecule has 0 radical (unpaired) electrons. The van der Waals surface area contributed by atoms with E-state index < -0.39 is 0 Å². The number of ether oxygens (including phenoxy) is 1. The molecule has 0 saturated heterocycles. The highest BCUT2D eigenvalue weighted by Gasteiger charge is 2.22. The predicted molar refractivity (Wildman–Crippen MR) is 98.2 cm³/mol. The standard InChI is InChI=1S/C19H24N2OS/c1-4-6-13(2)21-18-14(3)16(19-20-11-12-23-19)9-10-17(18)22-15-7-5-8-15/h9-12,15H,4-8H2,1-3H3. The Balaban J connectivity index is 2.01. The second kappa shape index (κ2) is 7.26. The average molecular weight is 328 g/mol. The Morgan fingerprint density at radius 1 is 1.39 bits per heavy atom. The van der Waals surface area contributed by atoms with E-state index in [1.54, 1.807) is 11.3 Å². The Bertz CT molecular complexity index is 688. The molecule has 0 unspecified atom stereocenters. The largest absolute Gasteiger partial charge is 0.488 e. The first-order valence-corrected chi connectivity index (χ1v) is 9.31. The van der Waals surface area contributed by atoms with Gasteiger partial charge in [-0.1, -0.05) is 13.3 Å². The van der Waals surface area contributed by atoms with Gasteiger partial charge >= 0.3 is 0 Å². The third-order valence-corrected chi connectivity index (χ3v) is 5.12. The topological polar surface area (TPSA) is 34.5 Å². The van der Waals surface area contributed by atoms with Crippen molar-refractivity contribution in [3.05, 3.63) is 29.3 Å². The molecule has 1 aliphatic carbocycles. The van der Waals surface area contributed by atoms with Gasteiger partial charge in [0.2, 0.25) is 0 Å². The minimum atomic E-state index is 0.362. The quantitative estimate of drug-likeness (QED) is 0.615. The molecule has 4 heteroatoms. The van der Waals surface area contributed by atoms with Crippen LogP contribution in [0.2, 0.25) is 0 Å². The van der Waals surface area contributed by atoms with Gasteiger partial charge < -0.3 is 4.74 Å². The summed E-state index contributed by atoms with van der Waals surface area (Å²) >= 11 is 1.66. The van der Waals surface area contributed by atoms with Crippen LogP contribution < -0.4 is 4.74 Å². The van der Waals surface area contributed by atoms with E-state index in [1.807, 2.05) is 11.6 Å². The number of nitrogens with zero attached hydrogens (tertiary/aromatic N) is 2. The number of thiazole rings is 1. The van der Waals surface area contributed by atoms with Gasteiger partial charge in [-0.3, -0.25) is 4.99 Å². The molecule has 1 aromatic carbocycles. The average Bonchev–Trinajstić information content (AvgIpc) is 3.00. The molecule has 122 valence electrons. The second-order valence-corrected chi connectivity index (χ2v) is 7.08. The first-order chi connectivity index (χ1) is 11.2. The van der Waals surface area contributed by atoms with Gasteiger partial charge in [0, 0.05) is 22.9 Å². The molecule has 23 heavy (non-hydrogen) atoms. The molecule has 3 rings (SSSR count). The molecule has 1 fully saturated rings. The van der Waals surface area contributed by atoms with Gasteiger partial charge in [0.05, 0.1) is 6.10 Å². The summed E-state index contributed by atoms with van der Waals surface area (Å²) in [6, 6.07) is 4.19. The van der Waals surface area contributed by atoms with E-state index in [2.05, 4.69) is 37.9 Å². The van der Waals surface area contributed by atoms with Crippen molar-refractivity contribution < 1.29 is 4.74 Å². The number of benzene rings is 1. The number of aromatic nitrogens is 1. The van der Waals surface area contributed by atoms with Crippen molar-refractivity contribution in [2.45, 2.75) is 59.0 Å². The number of aliphatic imine (C=N–C) groups is 1. The van der Waals surface area contributed by atoms with Crippen molar-refractivity contribution in [2.24, 2.45) is 4.99 Å². The molecule has 0 spiro atoms. The summed E-state index contributed by atoms with van der Waals surface area (Å²) in [5, 5.41) is 3.06. The van der Waals surface area contributed by atoms with Crippen LogP contribution in [-0.2, 0) is 0 Å². The van der Waals surface area contributed by atoms with Crippen LogP contribution in [0.15, 0.2) is 28.7 Å². The minimum absolute atomic E-state index is 0.362. The SMILES string of the molecule is CCCC(C)=Nc1c(OC2CCC2)ccc(-c2nccs2)c1C. The van der Waals surface area contributed by atoms with E-state index in [-0.39, 0.29) is 0 Å². The van der Waals surface area contributed by atoms with E-state index in [0.717, 1.165) is 59.0 Å². The monoisotopic (exact) mass is 328 g/mol. The van der Waals surface area contributed by atoms with E-state index in [1.165, 1.54) is 6.42 Å². The zero-order valence-electron chi connectivity index (χ0n) is 14.1. The molecule has 2 aromatic rings. The summed E-state index contributed by atoms with van der Waals surface area (Å²) in [5.41, 5.74) is 4.46. The van der Waals surface area contributed by atoms with E-state index in [0.29, 0.717) is 6.10 Å². The highest BCUT2D eigenvalue weighted by Crippen LogP contribution is 2.40. The van der Waals surface area contributed by atoms with Gasteiger partial charge in [-0.05, 0) is 57.2 Å². The smallest absolute Gasteiger partial charge is 0.145 e. The van der Waals surface area contributed by atoms with Crippen molar-refractivity contribution in [1.29, 1.82) is 0 Å². The maximum Gasteiger partial charge on any atom is 0.145 e. The Morgan fingerprint density at radius 2 is 2.22 bits per heavy atom. The molecular weight excluding hydrogens is 304 g/mol. The molecule has 3 nitrogen and oxygen atoms in total. The Hall–Kier alpha value is -1.68. The van der Waals surface area contributed by atoms with Crippen molar-refractivity contribution in [3.63, 3.8) is 0 Å². The molecule has 1 heterocycles. The molecule has 1 aromatic heterocycles. The van der Waals surface area contributed by atoms with Gasteiger partial charge in [0.1, 0.15) is 16.4 Å². The Labute approximate surface area is 142 Å². The summed E-state index contributed by atoms with van der Waals surface area (Å²) in [6.45, 7) is 6.41. The van der Waals surface area contributed by atoms with Crippen molar-refractivity contribution in [3.8, 4) is 16.3 Å². The molecule has 1 saturated carbocycles. The van der Waals surface area contributed by atoms with Gasteiger partial charge in [-0.15, -0.1) is 11.3 Å². The predicted octanol–water partition coefficient (Wildman–Crippen LogP) is 5.94. The third kappa shape index (κ3) is 3.63. The van der Waals surface area contributed by atoms with E-state index in [4.69, 9.17) is 9.73 Å². The minimum Gasteiger partial charge on any atom is -0.488 e. The van der Waals surface area contributed by atoms with Gasteiger partial charge in [-0.2, -0.15) is 0 Å². The highest BCUT2D eigenvalue weighted by atomic mass is 32.1. The lowest BCUT2D eigenvalue weighted by Crippen LogP contribution is -2.24. The summed E-state index contributed by atoms with van der Waals surface area (Å²) in [5.74, 6) is 0.919. The zero-order valence-corrected chi connectivity index (χ0v) is 14.9. The Morgan fingerprint density at radius 3 is 2.83 bits per heavy atom. The van der Waals surface area contributed by atoms with Crippen molar-refractivity contribution in [2.75, 3.05) is 0 Å². The lowest BCUT2D eigenvalue weighted by Gasteiger charge is -2.27. The fourth-order valence-corrected chi connectivity index (χ4v) is 3.49. The van der Waals surface area contributed by atoms with Crippen LogP contribution in [0.5, 0.6) is 5.75 Å². The van der Waals surface area contributed by atoms with Crippen LogP contribution in [0.4, 0.5) is 5.69 Å². The van der Waals surface area contributed by atoms with Gasteiger partial charge in [0.15, 0.2) is 0 Å². The van der Waals surface area contributed by atoms with Crippen molar-refractivity contribution >= 4 is 22.7 Å². The molecule has 0 N–H and O–H groups in total. The highest BCUT2D eigenvalue weighted by molar-refractivity contribution is 7.13. The van der Waals surface area contributed by atoms with Crippen molar-refractivity contribution in [1.82, 2.24) is 4.98 Å². The Kier molecular flexibility index (Phi) is 5.11. The summed E-state index contributed by atoms with van der Waals surface area (Å²) in [6.07, 6.45) is 7.93. The fourth-order valence-electron chi connectivity index (χ4n) is 2.77. The maximum atomic E-state index is 6.19. The number of hydrogen-bond donors (Lipinski definition) is 0. The number of rotatable bonds is 6. The molecule has 0 amide bonds. The number of hydrogen-bond acceptors (Lipinski definition) is 4. The third-order valence-electron chi connectivity index (χ3n) is 4.32. The van der Waals surface area contributed by atoms with Crippen LogP contribution in [0.1, 0.15) is 51.5 Å². The maximum absolute atomic E-state index is 6.19. The van der Waals surface area contributed by atoms with Crippen LogP contribution >= 0.6 is 11.3 Å². The van der Waals surface area contributed by atoms with Crippen LogP contribution in [0.25, 0.3) is 10.6 Å². The van der Waals surface area contributed by atoms with E-state index >= 15 is 0 Å². The fraction of sp³-hybridized carbons (Fsp3) is 0.474. The van der Waals surface area contributed by atoms with Crippen LogP contribution in [0, 0.1) is 6.92 Å². The second-order valence-electron chi connectivity index (χ2n) is 6.19. The normalized spacial score (nSPS) is 15.5. The first kappa shape index (κ1) is 16.2. The van der Waals surface area contributed by atoms with Gasteiger partial charge in [-0.25, -0.2) is 4.98 Å². The van der Waals surface area contributed by atoms with Crippen LogP contribution in [-0.4, -0.2) is 16.8 Å². The summed E-state index contributed by atoms with van der Waals surface area (Å²) < 4.78 is 6.19.